The molecule has 0 fully saturated rings. The molecule has 3 rings (SSSR count). The van der Waals surface area contributed by atoms with E-state index in [0.29, 0.717) is 16.6 Å². The summed E-state index contributed by atoms with van der Waals surface area (Å²) in [5, 5.41) is 7.62. The molecule has 0 saturated carbocycles. The molecule has 108 valence electrons. The van der Waals surface area contributed by atoms with Crippen LogP contribution in [-0.2, 0) is 7.05 Å². The van der Waals surface area contributed by atoms with Gasteiger partial charge in [-0.2, -0.15) is 5.10 Å². The Labute approximate surface area is 126 Å². The number of hydrogen-bond acceptors (Lipinski definition) is 4. The van der Waals surface area contributed by atoms with Gasteiger partial charge in [0.05, 0.1) is 12.7 Å². The summed E-state index contributed by atoms with van der Waals surface area (Å²) in [5.41, 5.74) is 8.25. The summed E-state index contributed by atoms with van der Waals surface area (Å²) < 4.78 is 7.28. The summed E-state index contributed by atoms with van der Waals surface area (Å²) in [6.45, 7) is 0. The fourth-order valence-corrected chi connectivity index (χ4v) is 2.44. The zero-order chi connectivity index (χ0) is 15.0. The van der Waals surface area contributed by atoms with Gasteiger partial charge in [-0.25, -0.2) is 4.98 Å². The van der Waals surface area contributed by atoms with Crippen molar-refractivity contribution in [2.45, 2.75) is 0 Å². The lowest BCUT2D eigenvalue weighted by Crippen LogP contribution is -1.96. The third-order valence-corrected chi connectivity index (χ3v) is 3.51. The van der Waals surface area contributed by atoms with E-state index in [0.717, 1.165) is 22.6 Å². The third-order valence-electron chi connectivity index (χ3n) is 3.27. The van der Waals surface area contributed by atoms with Crippen LogP contribution in [-0.4, -0.2) is 26.9 Å². The smallest absolute Gasteiger partial charge is 0.158 e. The van der Waals surface area contributed by atoms with E-state index in [1.165, 1.54) is 0 Å². The highest BCUT2D eigenvalue weighted by atomic mass is 35.5. The Bertz CT molecular complexity index is 793. The molecule has 0 aliphatic rings. The first-order valence-corrected chi connectivity index (χ1v) is 6.65. The summed E-state index contributed by atoms with van der Waals surface area (Å²) in [6, 6.07) is 5.36. The van der Waals surface area contributed by atoms with E-state index in [9.17, 15) is 0 Å². The fraction of sp³-hybridized carbons (Fsp3) is 0.143. The van der Waals surface area contributed by atoms with Gasteiger partial charge in [0.2, 0.25) is 0 Å². The summed E-state index contributed by atoms with van der Waals surface area (Å²) in [4.78, 5) is 4.33. The SMILES string of the molecule is COc1ccc(Cl)cc1-c1c(N)n[nH]c1-c1nccn1C. The number of nitrogens with zero attached hydrogens (tertiary/aromatic N) is 3. The molecule has 1 aromatic carbocycles. The predicted octanol–water partition coefficient (Wildman–Crippen LogP) is 2.72. The monoisotopic (exact) mass is 303 g/mol. The summed E-state index contributed by atoms with van der Waals surface area (Å²) in [5.74, 6) is 1.77. The molecule has 0 aliphatic heterocycles. The number of ether oxygens (including phenoxy) is 1. The lowest BCUT2D eigenvalue weighted by molar-refractivity contribution is 0.416. The number of rotatable bonds is 3. The molecular weight excluding hydrogens is 290 g/mol. The molecule has 0 spiro atoms. The number of anilines is 1. The molecule has 2 heterocycles. The molecule has 2 aromatic heterocycles. The number of methoxy groups -OCH3 is 1. The van der Waals surface area contributed by atoms with Crippen molar-refractivity contribution >= 4 is 17.4 Å². The van der Waals surface area contributed by atoms with Crippen LogP contribution < -0.4 is 10.5 Å². The first-order valence-electron chi connectivity index (χ1n) is 6.27. The first kappa shape index (κ1) is 13.5. The second-order valence-electron chi connectivity index (χ2n) is 4.57. The molecule has 0 aliphatic carbocycles. The number of hydrogen-bond donors (Lipinski definition) is 2. The van der Waals surface area contributed by atoms with Gasteiger partial charge in [0.25, 0.3) is 0 Å². The van der Waals surface area contributed by atoms with Gasteiger partial charge in [0, 0.05) is 30.0 Å². The van der Waals surface area contributed by atoms with Crippen LogP contribution in [0, 0.1) is 0 Å². The topological polar surface area (TPSA) is 81.8 Å². The van der Waals surface area contributed by atoms with Crippen LogP contribution in [0.25, 0.3) is 22.6 Å². The van der Waals surface area contributed by atoms with Crippen molar-refractivity contribution in [2.75, 3.05) is 12.8 Å². The van der Waals surface area contributed by atoms with Crippen LogP contribution in [0.5, 0.6) is 5.75 Å². The number of benzene rings is 1. The minimum atomic E-state index is 0.369. The van der Waals surface area contributed by atoms with Gasteiger partial charge in [0.15, 0.2) is 11.6 Å². The van der Waals surface area contributed by atoms with E-state index >= 15 is 0 Å². The first-order chi connectivity index (χ1) is 10.1. The largest absolute Gasteiger partial charge is 0.496 e. The van der Waals surface area contributed by atoms with Crippen molar-refractivity contribution in [1.82, 2.24) is 19.7 Å². The maximum Gasteiger partial charge on any atom is 0.158 e. The van der Waals surface area contributed by atoms with E-state index < -0.39 is 0 Å². The molecular formula is C14H14ClN5O. The Morgan fingerprint density at radius 2 is 2.19 bits per heavy atom. The second-order valence-corrected chi connectivity index (χ2v) is 5.00. The molecule has 0 radical (unpaired) electrons. The summed E-state index contributed by atoms with van der Waals surface area (Å²) in [6.07, 6.45) is 3.57. The van der Waals surface area contributed by atoms with Crippen molar-refractivity contribution in [2.24, 2.45) is 7.05 Å². The standard InChI is InChI=1S/C14H14ClN5O/c1-20-6-5-17-14(20)12-11(13(16)19-18-12)9-7-8(15)3-4-10(9)21-2/h3-7H,1-2H3,(H3,16,18,19). The second kappa shape index (κ2) is 5.14. The Balaban J connectivity index is 2.27. The molecule has 21 heavy (non-hydrogen) atoms. The van der Waals surface area contributed by atoms with Crippen molar-refractivity contribution in [1.29, 1.82) is 0 Å². The number of nitrogens with one attached hydrogen (secondary N) is 1. The zero-order valence-corrected chi connectivity index (χ0v) is 12.3. The van der Waals surface area contributed by atoms with Crippen molar-refractivity contribution in [3.05, 3.63) is 35.6 Å². The van der Waals surface area contributed by atoms with Crippen LogP contribution in [0.4, 0.5) is 5.82 Å². The molecule has 0 unspecified atom stereocenters. The molecule has 3 N–H and O–H groups in total. The van der Waals surface area contributed by atoms with E-state index in [-0.39, 0.29) is 0 Å². The highest BCUT2D eigenvalue weighted by Crippen LogP contribution is 2.40. The lowest BCUT2D eigenvalue weighted by Gasteiger charge is -2.10. The zero-order valence-electron chi connectivity index (χ0n) is 11.6. The Morgan fingerprint density at radius 1 is 1.38 bits per heavy atom. The van der Waals surface area contributed by atoms with Gasteiger partial charge in [-0.1, -0.05) is 11.6 Å². The molecule has 0 atom stereocenters. The maximum absolute atomic E-state index is 6.10. The number of imidazole rings is 1. The van der Waals surface area contributed by atoms with Crippen LogP contribution in [0.2, 0.25) is 5.02 Å². The number of aromatic amines is 1. The van der Waals surface area contributed by atoms with Crippen LogP contribution in [0.1, 0.15) is 0 Å². The number of H-pyrrole nitrogens is 1. The molecule has 3 aromatic rings. The Morgan fingerprint density at radius 3 is 2.86 bits per heavy atom. The van der Waals surface area contributed by atoms with Gasteiger partial charge >= 0.3 is 0 Å². The minimum absolute atomic E-state index is 0.369. The molecule has 0 amide bonds. The average Bonchev–Trinajstić information content (AvgIpc) is 3.04. The van der Waals surface area contributed by atoms with Gasteiger partial charge in [-0.05, 0) is 18.2 Å². The average molecular weight is 304 g/mol. The minimum Gasteiger partial charge on any atom is -0.496 e. The number of aromatic nitrogens is 4. The van der Waals surface area contributed by atoms with Crippen LogP contribution in [0.15, 0.2) is 30.6 Å². The number of nitrogen functional groups attached to an aromatic ring is 1. The number of nitrogens with two attached hydrogens (primary N) is 1. The fourth-order valence-electron chi connectivity index (χ4n) is 2.27. The normalized spacial score (nSPS) is 10.8. The molecule has 0 saturated heterocycles. The Hall–Kier alpha value is -2.47. The summed E-state index contributed by atoms with van der Waals surface area (Å²) >= 11 is 6.10. The third kappa shape index (κ3) is 2.23. The van der Waals surface area contributed by atoms with E-state index in [1.54, 1.807) is 31.5 Å². The highest BCUT2D eigenvalue weighted by molar-refractivity contribution is 6.31. The number of aryl methyl sites for hydroxylation is 1. The number of halogens is 1. The van der Waals surface area contributed by atoms with E-state index in [4.69, 9.17) is 22.1 Å². The predicted molar refractivity (Wildman–Crippen MR) is 82.2 cm³/mol. The van der Waals surface area contributed by atoms with Crippen LogP contribution in [0.3, 0.4) is 0 Å². The van der Waals surface area contributed by atoms with E-state index in [1.807, 2.05) is 17.8 Å². The van der Waals surface area contributed by atoms with Crippen molar-refractivity contribution < 1.29 is 4.74 Å². The lowest BCUT2D eigenvalue weighted by atomic mass is 10.0. The van der Waals surface area contributed by atoms with Gasteiger partial charge in [-0.3, -0.25) is 5.10 Å². The van der Waals surface area contributed by atoms with Crippen molar-refractivity contribution in [3.8, 4) is 28.4 Å². The van der Waals surface area contributed by atoms with Gasteiger partial charge in [0.1, 0.15) is 11.4 Å². The van der Waals surface area contributed by atoms with Gasteiger partial charge < -0.3 is 15.0 Å². The van der Waals surface area contributed by atoms with Crippen LogP contribution >= 0.6 is 11.6 Å². The maximum atomic E-state index is 6.10. The summed E-state index contributed by atoms with van der Waals surface area (Å²) in [7, 11) is 3.50. The van der Waals surface area contributed by atoms with Crippen molar-refractivity contribution in [3.63, 3.8) is 0 Å². The van der Waals surface area contributed by atoms with E-state index in [2.05, 4.69) is 15.2 Å². The molecule has 7 heteroatoms. The van der Waals surface area contributed by atoms with Gasteiger partial charge in [-0.15, -0.1) is 0 Å². The molecule has 0 bridgehead atoms. The Kier molecular flexibility index (Phi) is 3.31. The molecule has 6 nitrogen and oxygen atoms in total. The highest BCUT2D eigenvalue weighted by Gasteiger charge is 2.20. The quantitative estimate of drug-likeness (QED) is 0.779.